The molecule has 3 rings (SSSR count). The average Bonchev–Trinajstić information content (AvgIpc) is 3.05. The van der Waals surface area contributed by atoms with Gasteiger partial charge in [0.15, 0.2) is 0 Å². The summed E-state index contributed by atoms with van der Waals surface area (Å²) in [7, 11) is 1.87. The van der Waals surface area contributed by atoms with Gasteiger partial charge in [0.1, 0.15) is 0 Å². The molecule has 6 nitrogen and oxygen atoms in total. The summed E-state index contributed by atoms with van der Waals surface area (Å²) in [5.74, 6) is -0.415. The van der Waals surface area contributed by atoms with Gasteiger partial charge >= 0.3 is 0 Å². The van der Waals surface area contributed by atoms with Crippen molar-refractivity contribution < 1.29 is 4.79 Å². The molecule has 3 heterocycles. The van der Waals surface area contributed by atoms with Crippen LogP contribution in [0.2, 0.25) is 0 Å². The van der Waals surface area contributed by atoms with E-state index in [1.54, 1.807) is 17.1 Å². The zero-order valence-corrected chi connectivity index (χ0v) is 13.2. The topological polar surface area (TPSA) is 77.0 Å². The highest BCUT2D eigenvalue weighted by Crippen LogP contribution is 2.37. The molecule has 0 spiro atoms. The summed E-state index contributed by atoms with van der Waals surface area (Å²) in [6, 6.07) is 1.94. The second-order valence-corrected chi connectivity index (χ2v) is 6.15. The molecule has 21 heavy (non-hydrogen) atoms. The maximum atomic E-state index is 11.8. The minimum absolute atomic E-state index is 0.0660. The number of anilines is 1. The fourth-order valence-electron chi connectivity index (χ4n) is 2.88. The first kappa shape index (κ1) is 14.1. The lowest BCUT2D eigenvalue weighted by Gasteiger charge is -2.19. The standard InChI is InChI=1S/C14H16BrN5O/c1-19-6-9(4-18-19)10-7-20(8-11(10)14(16)21)13-2-3-17-5-12(13)15/h2-6,10-11H,7-8H2,1H3,(H2,16,21)/t10-,11+/m1/s1. The van der Waals surface area contributed by atoms with Gasteiger partial charge in [-0.1, -0.05) is 0 Å². The monoisotopic (exact) mass is 349 g/mol. The molecule has 0 aliphatic carbocycles. The molecule has 2 aromatic rings. The first-order chi connectivity index (χ1) is 10.1. The third-order valence-corrected chi connectivity index (χ3v) is 4.54. The Balaban J connectivity index is 1.91. The molecule has 0 unspecified atom stereocenters. The third kappa shape index (κ3) is 2.65. The van der Waals surface area contributed by atoms with Gasteiger partial charge in [-0.15, -0.1) is 0 Å². The molecule has 1 aliphatic rings. The number of pyridine rings is 1. The highest BCUT2D eigenvalue weighted by Gasteiger charge is 2.38. The number of aryl methyl sites for hydroxylation is 1. The summed E-state index contributed by atoms with van der Waals surface area (Å²) in [4.78, 5) is 18.0. The highest BCUT2D eigenvalue weighted by atomic mass is 79.9. The molecule has 1 aliphatic heterocycles. The molecule has 110 valence electrons. The highest BCUT2D eigenvalue weighted by molar-refractivity contribution is 9.10. The van der Waals surface area contributed by atoms with Gasteiger partial charge in [0.25, 0.3) is 0 Å². The van der Waals surface area contributed by atoms with Gasteiger partial charge in [-0.3, -0.25) is 14.5 Å². The van der Waals surface area contributed by atoms with Crippen molar-refractivity contribution in [2.45, 2.75) is 5.92 Å². The van der Waals surface area contributed by atoms with Gasteiger partial charge < -0.3 is 10.6 Å². The number of aromatic nitrogens is 3. The number of amides is 1. The van der Waals surface area contributed by atoms with Crippen LogP contribution >= 0.6 is 15.9 Å². The molecular weight excluding hydrogens is 334 g/mol. The van der Waals surface area contributed by atoms with E-state index >= 15 is 0 Å². The lowest BCUT2D eigenvalue weighted by molar-refractivity contribution is -0.121. The number of rotatable bonds is 3. The van der Waals surface area contributed by atoms with Crippen molar-refractivity contribution >= 4 is 27.5 Å². The van der Waals surface area contributed by atoms with Crippen LogP contribution in [0.4, 0.5) is 5.69 Å². The van der Waals surface area contributed by atoms with Crippen molar-refractivity contribution in [3.63, 3.8) is 0 Å². The van der Waals surface area contributed by atoms with Crippen LogP contribution in [0, 0.1) is 5.92 Å². The van der Waals surface area contributed by atoms with Crippen molar-refractivity contribution in [1.29, 1.82) is 0 Å². The molecule has 7 heteroatoms. The lowest BCUT2D eigenvalue weighted by Crippen LogP contribution is -2.29. The number of carbonyl (C=O) groups excluding carboxylic acids is 1. The van der Waals surface area contributed by atoms with E-state index in [1.165, 1.54) is 0 Å². The summed E-state index contributed by atoms with van der Waals surface area (Å²) < 4.78 is 2.67. The molecule has 2 N–H and O–H groups in total. The second kappa shape index (κ2) is 5.48. The average molecular weight is 350 g/mol. The molecule has 1 amide bonds. The number of hydrogen-bond acceptors (Lipinski definition) is 4. The molecule has 0 saturated carbocycles. The molecule has 0 aromatic carbocycles. The largest absolute Gasteiger partial charge is 0.369 e. The zero-order chi connectivity index (χ0) is 15.0. The quantitative estimate of drug-likeness (QED) is 0.905. The Kier molecular flexibility index (Phi) is 3.67. The van der Waals surface area contributed by atoms with E-state index in [2.05, 4.69) is 30.9 Å². The van der Waals surface area contributed by atoms with Crippen molar-refractivity contribution in [3.05, 3.63) is 40.9 Å². The predicted molar refractivity (Wildman–Crippen MR) is 82.8 cm³/mol. The first-order valence-corrected chi connectivity index (χ1v) is 7.48. The van der Waals surface area contributed by atoms with Gasteiger partial charge in [0, 0.05) is 44.6 Å². The van der Waals surface area contributed by atoms with Crippen LogP contribution in [-0.2, 0) is 11.8 Å². The van der Waals surface area contributed by atoms with Gasteiger partial charge in [0.2, 0.25) is 5.91 Å². The van der Waals surface area contributed by atoms with E-state index in [9.17, 15) is 4.79 Å². The van der Waals surface area contributed by atoms with Crippen LogP contribution in [0.1, 0.15) is 11.5 Å². The maximum Gasteiger partial charge on any atom is 0.223 e. The minimum Gasteiger partial charge on any atom is -0.369 e. The summed E-state index contributed by atoms with van der Waals surface area (Å²) in [6.45, 7) is 1.35. The summed E-state index contributed by atoms with van der Waals surface area (Å²) in [5.41, 5.74) is 7.67. The molecule has 2 aromatic heterocycles. The van der Waals surface area contributed by atoms with E-state index in [0.29, 0.717) is 6.54 Å². The van der Waals surface area contributed by atoms with Crippen molar-refractivity contribution in [2.24, 2.45) is 18.7 Å². The predicted octanol–water partition coefficient (Wildman–Crippen LogP) is 1.28. The van der Waals surface area contributed by atoms with Crippen LogP contribution in [0.3, 0.4) is 0 Å². The van der Waals surface area contributed by atoms with Crippen LogP contribution in [0.25, 0.3) is 0 Å². The molecule has 1 fully saturated rings. The van der Waals surface area contributed by atoms with Crippen molar-refractivity contribution in [3.8, 4) is 0 Å². The third-order valence-electron chi connectivity index (χ3n) is 3.93. The van der Waals surface area contributed by atoms with Gasteiger partial charge in [-0.05, 0) is 27.6 Å². The first-order valence-electron chi connectivity index (χ1n) is 6.68. The Bertz CT molecular complexity index is 671. The fourth-order valence-corrected chi connectivity index (χ4v) is 3.38. The maximum absolute atomic E-state index is 11.8. The van der Waals surface area contributed by atoms with E-state index in [1.807, 2.05) is 25.5 Å². The Hall–Kier alpha value is -1.89. The number of nitrogens with zero attached hydrogens (tertiary/aromatic N) is 4. The van der Waals surface area contributed by atoms with Gasteiger partial charge in [-0.2, -0.15) is 5.10 Å². The van der Waals surface area contributed by atoms with Crippen molar-refractivity contribution in [1.82, 2.24) is 14.8 Å². The summed E-state index contributed by atoms with van der Waals surface area (Å²) in [5, 5.41) is 4.20. The van der Waals surface area contributed by atoms with Crippen molar-refractivity contribution in [2.75, 3.05) is 18.0 Å². The molecule has 2 atom stereocenters. The van der Waals surface area contributed by atoms with E-state index in [4.69, 9.17) is 5.73 Å². The van der Waals surface area contributed by atoms with Gasteiger partial charge in [-0.25, -0.2) is 0 Å². The normalized spacial score (nSPS) is 21.7. The second-order valence-electron chi connectivity index (χ2n) is 5.29. The Morgan fingerprint density at radius 3 is 2.86 bits per heavy atom. The van der Waals surface area contributed by atoms with Crippen LogP contribution in [-0.4, -0.2) is 33.8 Å². The Labute approximate surface area is 131 Å². The Morgan fingerprint density at radius 1 is 1.43 bits per heavy atom. The number of halogens is 1. The molecular formula is C14H16BrN5O. The number of primary amides is 1. The number of nitrogens with two attached hydrogens (primary N) is 1. The summed E-state index contributed by atoms with van der Waals surface area (Å²) >= 11 is 3.51. The smallest absolute Gasteiger partial charge is 0.223 e. The van der Waals surface area contributed by atoms with Crippen LogP contribution in [0.5, 0.6) is 0 Å². The fraction of sp³-hybridized carbons (Fsp3) is 0.357. The van der Waals surface area contributed by atoms with Crippen LogP contribution < -0.4 is 10.6 Å². The lowest BCUT2D eigenvalue weighted by atomic mass is 9.90. The zero-order valence-electron chi connectivity index (χ0n) is 11.6. The van der Waals surface area contributed by atoms with Gasteiger partial charge in [0.05, 0.1) is 22.3 Å². The summed E-state index contributed by atoms with van der Waals surface area (Å²) in [6.07, 6.45) is 7.26. The molecule has 1 saturated heterocycles. The SMILES string of the molecule is Cn1cc([C@H]2CN(c3ccncc3Br)C[C@@H]2C(N)=O)cn1. The van der Waals surface area contributed by atoms with E-state index in [0.717, 1.165) is 22.3 Å². The molecule has 0 bridgehead atoms. The molecule has 0 radical (unpaired) electrons. The number of carbonyl (C=O) groups is 1. The van der Waals surface area contributed by atoms with E-state index in [-0.39, 0.29) is 17.7 Å². The Morgan fingerprint density at radius 2 is 2.24 bits per heavy atom. The van der Waals surface area contributed by atoms with E-state index < -0.39 is 0 Å². The number of hydrogen-bond donors (Lipinski definition) is 1. The van der Waals surface area contributed by atoms with Crippen LogP contribution in [0.15, 0.2) is 35.3 Å². The minimum atomic E-state index is -0.267.